The van der Waals surface area contributed by atoms with E-state index in [1.807, 2.05) is 0 Å². The predicted octanol–water partition coefficient (Wildman–Crippen LogP) is 4.55. The van der Waals surface area contributed by atoms with E-state index >= 15 is 0 Å². The zero-order chi connectivity index (χ0) is 16.8. The Morgan fingerprint density at radius 2 is 1.83 bits per heavy atom. The number of fused-ring (bicyclic) bond motifs is 2. The van der Waals surface area contributed by atoms with E-state index in [4.69, 9.17) is 0 Å². The molecule has 4 rings (SSSR count). The summed E-state index contributed by atoms with van der Waals surface area (Å²) < 4.78 is 0. The Balaban J connectivity index is 1.87. The summed E-state index contributed by atoms with van der Waals surface area (Å²) in [5, 5.41) is 21.0. The zero-order valence-electron chi connectivity index (χ0n) is 14.4. The number of aryl methyl sites for hydroxylation is 1. The van der Waals surface area contributed by atoms with Crippen molar-refractivity contribution in [1.29, 1.82) is 0 Å². The number of hydrogen-bond acceptors (Lipinski definition) is 3. The van der Waals surface area contributed by atoms with Gasteiger partial charge in [-0.15, -0.1) is 0 Å². The Hall–Kier alpha value is -1.51. The number of carbonyl (C=O) groups is 1. The number of phenolic OH excluding ortho intramolecular Hbond substituents is 2. The number of aromatic hydroxyl groups is 2. The van der Waals surface area contributed by atoms with Crippen molar-refractivity contribution in [3.05, 3.63) is 23.3 Å². The molecule has 0 amide bonds. The molecule has 3 fully saturated rings. The summed E-state index contributed by atoms with van der Waals surface area (Å²) in [7, 11) is 0. The van der Waals surface area contributed by atoms with Crippen molar-refractivity contribution in [2.45, 2.75) is 65.2 Å². The van der Waals surface area contributed by atoms with Gasteiger partial charge in [0.05, 0.1) is 0 Å². The van der Waals surface area contributed by atoms with Gasteiger partial charge in [-0.3, -0.25) is 4.79 Å². The maximum Gasteiger partial charge on any atom is 0.137 e. The highest BCUT2D eigenvalue weighted by atomic mass is 16.3. The maximum absolute atomic E-state index is 12.3. The maximum atomic E-state index is 12.3. The van der Waals surface area contributed by atoms with Crippen LogP contribution < -0.4 is 0 Å². The number of carbonyl (C=O) groups excluding carboxylic acids is 1. The Morgan fingerprint density at radius 1 is 1.17 bits per heavy atom. The summed E-state index contributed by atoms with van der Waals surface area (Å²) in [5.74, 6) is 1.10. The number of phenols is 2. The summed E-state index contributed by atoms with van der Waals surface area (Å²) in [6.45, 7) is 6.44. The first kappa shape index (κ1) is 16.4. The van der Waals surface area contributed by atoms with E-state index < -0.39 is 0 Å². The molecule has 1 unspecified atom stereocenters. The lowest BCUT2D eigenvalue weighted by molar-refractivity contribution is -0.151. The molecule has 3 heteroatoms. The lowest BCUT2D eigenvalue weighted by Gasteiger charge is -2.59. The van der Waals surface area contributed by atoms with E-state index in [-0.39, 0.29) is 34.5 Å². The standard InChI is InChI=1S/C20H28O3/c1-4-5-6-7-12-8-17(22)19(18(23)9-12)13-10-16(21)15-11-14(13)20(15,2)3/h8-9,13-15,22-23H,4-7,10-11H2,1-3H3/t13?,14-,15+/m1/s1/i1+1. The quantitative estimate of drug-likeness (QED) is 0.619. The van der Waals surface area contributed by atoms with Crippen molar-refractivity contribution < 1.29 is 15.0 Å². The van der Waals surface area contributed by atoms with Crippen LogP contribution in [0.5, 0.6) is 11.5 Å². The van der Waals surface area contributed by atoms with E-state index in [9.17, 15) is 15.0 Å². The van der Waals surface area contributed by atoms with Gasteiger partial charge in [-0.05, 0) is 48.3 Å². The van der Waals surface area contributed by atoms with Gasteiger partial charge in [0.15, 0.2) is 0 Å². The minimum Gasteiger partial charge on any atom is -0.508 e. The largest absolute Gasteiger partial charge is 0.508 e. The van der Waals surface area contributed by atoms with Crippen molar-refractivity contribution in [3.63, 3.8) is 0 Å². The van der Waals surface area contributed by atoms with Crippen molar-refractivity contribution in [1.82, 2.24) is 0 Å². The van der Waals surface area contributed by atoms with Gasteiger partial charge >= 0.3 is 0 Å². The van der Waals surface area contributed by atoms with Crippen LogP contribution in [-0.4, -0.2) is 16.0 Å². The fourth-order valence-corrected chi connectivity index (χ4v) is 4.78. The number of benzene rings is 1. The first-order valence-electron chi connectivity index (χ1n) is 8.93. The van der Waals surface area contributed by atoms with Gasteiger partial charge in [0.1, 0.15) is 17.3 Å². The number of hydrogen-bond donors (Lipinski definition) is 2. The molecule has 0 heterocycles. The summed E-state index contributed by atoms with van der Waals surface area (Å²) in [5.41, 5.74) is 1.55. The molecule has 3 aliphatic rings. The molecule has 0 saturated heterocycles. The molecule has 0 spiro atoms. The molecule has 0 aliphatic heterocycles. The average molecular weight is 317 g/mol. The summed E-state index contributed by atoms with van der Waals surface area (Å²) >= 11 is 0. The molecular formula is C20H28O3. The van der Waals surface area contributed by atoms with Crippen LogP contribution in [0.3, 0.4) is 0 Å². The van der Waals surface area contributed by atoms with Crippen LogP contribution in [0.15, 0.2) is 12.1 Å². The van der Waals surface area contributed by atoms with Gasteiger partial charge < -0.3 is 10.2 Å². The van der Waals surface area contributed by atoms with Crippen LogP contribution in [0.2, 0.25) is 0 Å². The molecule has 3 nitrogen and oxygen atoms in total. The van der Waals surface area contributed by atoms with E-state index in [0.717, 1.165) is 37.7 Å². The third kappa shape index (κ3) is 2.64. The first-order chi connectivity index (χ1) is 10.9. The van der Waals surface area contributed by atoms with Gasteiger partial charge in [0.25, 0.3) is 0 Å². The molecule has 1 aromatic rings. The first-order valence-corrected chi connectivity index (χ1v) is 8.93. The minimum atomic E-state index is -0.0489. The van der Waals surface area contributed by atoms with E-state index in [1.54, 1.807) is 12.1 Å². The van der Waals surface area contributed by atoms with E-state index in [1.165, 1.54) is 0 Å². The van der Waals surface area contributed by atoms with Crippen LogP contribution in [0.4, 0.5) is 0 Å². The molecule has 2 N–H and O–H groups in total. The molecule has 2 bridgehead atoms. The SMILES string of the molecule is CC1(C)[C@@H]2C[C@H]1C(=O)CC2c1c(O)cc(CCCC[13CH3])cc1O. The number of rotatable bonds is 5. The molecule has 23 heavy (non-hydrogen) atoms. The van der Waals surface area contributed by atoms with Crippen LogP contribution in [0.25, 0.3) is 0 Å². The molecule has 3 atom stereocenters. The average Bonchev–Trinajstić information content (AvgIpc) is 2.45. The van der Waals surface area contributed by atoms with E-state index in [0.29, 0.717) is 17.9 Å². The molecule has 126 valence electrons. The smallest absolute Gasteiger partial charge is 0.137 e. The monoisotopic (exact) mass is 317 g/mol. The van der Waals surface area contributed by atoms with Gasteiger partial charge in [-0.2, -0.15) is 0 Å². The molecule has 0 aromatic heterocycles. The summed E-state index contributed by atoms with van der Waals surface area (Å²) in [6.07, 6.45) is 5.59. The zero-order valence-corrected chi connectivity index (χ0v) is 14.4. The Morgan fingerprint density at radius 3 is 2.35 bits per heavy atom. The highest BCUT2D eigenvalue weighted by molar-refractivity contribution is 5.86. The fraction of sp³-hybridized carbons (Fsp3) is 0.650. The molecular weight excluding hydrogens is 289 g/mol. The fourth-order valence-electron chi connectivity index (χ4n) is 4.78. The molecule has 3 aliphatic carbocycles. The third-order valence-corrected chi connectivity index (χ3v) is 6.27. The van der Waals surface area contributed by atoms with Crippen LogP contribution >= 0.6 is 0 Å². The number of unbranched alkanes of at least 4 members (excludes halogenated alkanes) is 2. The topological polar surface area (TPSA) is 57.5 Å². The van der Waals surface area contributed by atoms with E-state index in [2.05, 4.69) is 20.8 Å². The van der Waals surface area contributed by atoms with Crippen molar-refractivity contribution in [3.8, 4) is 11.5 Å². The summed E-state index contributed by atoms with van der Waals surface area (Å²) in [6, 6.07) is 3.57. The van der Waals surface area contributed by atoms with Crippen molar-refractivity contribution in [2.75, 3.05) is 0 Å². The van der Waals surface area contributed by atoms with Crippen LogP contribution in [0.1, 0.15) is 69.9 Å². The molecule has 1 aromatic carbocycles. The van der Waals surface area contributed by atoms with Gasteiger partial charge in [-0.1, -0.05) is 33.6 Å². The highest BCUT2D eigenvalue weighted by Gasteiger charge is 2.59. The Kier molecular flexibility index (Phi) is 4.16. The summed E-state index contributed by atoms with van der Waals surface area (Å²) in [4.78, 5) is 12.3. The van der Waals surface area contributed by atoms with Crippen molar-refractivity contribution in [2.24, 2.45) is 17.3 Å². The van der Waals surface area contributed by atoms with Gasteiger partial charge in [0, 0.05) is 23.8 Å². The normalized spacial score (nSPS) is 28.5. The number of Topliss-reactive ketones (excluding diaryl/α,β-unsaturated/α-hetero) is 1. The lowest BCUT2D eigenvalue weighted by Crippen LogP contribution is -2.56. The second-order valence-corrected chi connectivity index (χ2v) is 8.00. The Bertz CT molecular complexity index is 594. The van der Waals surface area contributed by atoms with Crippen LogP contribution in [-0.2, 0) is 11.2 Å². The van der Waals surface area contributed by atoms with Crippen LogP contribution in [0, 0.1) is 17.3 Å². The third-order valence-electron chi connectivity index (χ3n) is 6.27. The second-order valence-electron chi connectivity index (χ2n) is 8.00. The molecule has 3 saturated carbocycles. The second kappa shape index (κ2) is 5.85. The van der Waals surface area contributed by atoms with Crippen molar-refractivity contribution >= 4 is 5.78 Å². The number of ketones is 1. The molecule has 0 radical (unpaired) electrons. The predicted molar refractivity (Wildman–Crippen MR) is 90.7 cm³/mol. The highest BCUT2D eigenvalue weighted by Crippen LogP contribution is 2.64. The Labute approximate surface area is 138 Å². The minimum absolute atomic E-state index is 0.0152. The van der Waals surface area contributed by atoms with Gasteiger partial charge in [-0.25, -0.2) is 0 Å². The van der Waals surface area contributed by atoms with Gasteiger partial charge in [0.2, 0.25) is 0 Å². The lowest BCUT2D eigenvalue weighted by atomic mass is 9.44.